The van der Waals surface area contributed by atoms with Crippen LogP contribution in [0.1, 0.15) is 32.8 Å². The normalized spacial score (nSPS) is 15.2. The molecule has 2 rings (SSSR count). The Labute approximate surface area is 158 Å². The molecule has 1 aromatic carbocycles. The van der Waals surface area contributed by atoms with E-state index in [-0.39, 0.29) is 12.0 Å². The van der Waals surface area contributed by atoms with Crippen molar-refractivity contribution >= 4 is 35.2 Å². The molecule has 0 saturated carbocycles. The molecule has 1 heterocycles. The zero-order valence-corrected chi connectivity index (χ0v) is 16.4. The lowest BCUT2D eigenvalue weighted by molar-refractivity contribution is -0.132. The first-order valence-corrected chi connectivity index (χ1v) is 9.11. The summed E-state index contributed by atoms with van der Waals surface area (Å²) in [4.78, 5) is 27.8. The van der Waals surface area contributed by atoms with Gasteiger partial charge < -0.3 is 14.5 Å². The lowest BCUT2D eigenvalue weighted by atomic mass is 10.1. The molecule has 1 aliphatic heterocycles. The Kier molecular flexibility index (Phi) is 6.58. The molecule has 2 amide bonds. The number of amides is 2. The van der Waals surface area contributed by atoms with Gasteiger partial charge >= 0.3 is 6.09 Å². The van der Waals surface area contributed by atoms with E-state index in [4.69, 9.17) is 27.9 Å². The van der Waals surface area contributed by atoms with E-state index in [0.29, 0.717) is 49.1 Å². The molecule has 1 aliphatic rings. The average molecular weight is 387 g/mol. The topological polar surface area (TPSA) is 49.9 Å². The van der Waals surface area contributed by atoms with Crippen molar-refractivity contribution in [2.24, 2.45) is 0 Å². The standard InChI is InChI=1S/C18H24Cl2N2O3/c1-18(2,3)25-17(24)22-10-8-21(9-11-22)16(23)7-5-13-4-6-14(19)15(20)12-13/h4,6,12H,5,7-11H2,1-3H3. The number of aryl methyl sites for hydroxylation is 1. The highest BCUT2D eigenvalue weighted by molar-refractivity contribution is 6.42. The third-order valence-corrected chi connectivity index (χ3v) is 4.63. The summed E-state index contributed by atoms with van der Waals surface area (Å²) in [7, 11) is 0. The van der Waals surface area contributed by atoms with Crippen LogP contribution in [-0.2, 0) is 16.0 Å². The SMILES string of the molecule is CC(C)(C)OC(=O)N1CCN(C(=O)CCc2ccc(Cl)c(Cl)c2)CC1. The molecule has 5 nitrogen and oxygen atoms in total. The first-order valence-electron chi connectivity index (χ1n) is 8.35. The number of ether oxygens (including phenoxy) is 1. The van der Waals surface area contributed by atoms with Gasteiger partial charge in [-0.25, -0.2) is 4.79 Å². The van der Waals surface area contributed by atoms with E-state index in [1.54, 1.807) is 21.9 Å². The predicted molar refractivity (Wildman–Crippen MR) is 99.2 cm³/mol. The van der Waals surface area contributed by atoms with Crippen LogP contribution in [0.5, 0.6) is 0 Å². The van der Waals surface area contributed by atoms with Gasteiger partial charge in [0.2, 0.25) is 5.91 Å². The number of nitrogens with zero attached hydrogens (tertiary/aromatic N) is 2. The molecule has 0 aliphatic carbocycles. The number of carbonyl (C=O) groups is 2. The lowest BCUT2D eigenvalue weighted by Crippen LogP contribution is -2.51. The van der Waals surface area contributed by atoms with Crippen LogP contribution in [0.25, 0.3) is 0 Å². The Bertz CT molecular complexity index is 636. The van der Waals surface area contributed by atoms with Gasteiger partial charge in [0.05, 0.1) is 10.0 Å². The molecular formula is C18H24Cl2N2O3. The number of rotatable bonds is 3. The molecule has 25 heavy (non-hydrogen) atoms. The summed E-state index contributed by atoms with van der Waals surface area (Å²) in [5, 5.41) is 1.01. The quantitative estimate of drug-likeness (QED) is 0.788. The van der Waals surface area contributed by atoms with Gasteiger partial charge in [0, 0.05) is 32.6 Å². The Morgan fingerprint density at radius 2 is 1.64 bits per heavy atom. The van der Waals surface area contributed by atoms with E-state index in [0.717, 1.165) is 5.56 Å². The molecule has 0 atom stereocenters. The van der Waals surface area contributed by atoms with Gasteiger partial charge in [0.15, 0.2) is 0 Å². The zero-order valence-electron chi connectivity index (χ0n) is 14.8. The fourth-order valence-electron chi connectivity index (χ4n) is 2.57. The molecule has 0 unspecified atom stereocenters. The Morgan fingerprint density at radius 1 is 1.04 bits per heavy atom. The van der Waals surface area contributed by atoms with Crippen molar-refractivity contribution in [3.05, 3.63) is 33.8 Å². The maximum Gasteiger partial charge on any atom is 0.410 e. The van der Waals surface area contributed by atoms with Crippen molar-refractivity contribution in [3.8, 4) is 0 Å². The van der Waals surface area contributed by atoms with Gasteiger partial charge in [-0.15, -0.1) is 0 Å². The lowest BCUT2D eigenvalue weighted by Gasteiger charge is -2.35. The second-order valence-corrected chi connectivity index (χ2v) is 7.91. The summed E-state index contributed by atoms with van der Waals surface area (Å²) in [6.07, 6.45) is 0.697. The fourth-order valence-corrected chi connectivity index (χ4v) is 2.89. The molecule has 0 bridgehead atoms. The van der Waals surface area contributed by atoms with Gasteiger partial charge in [-0.1, -0.05) is 29.3 Å². The van der Waals surface area contributed by atoms with Gasteiger partial charge in [-0.05, 0) is 44.9 Å². The molecule has 0 radical (unpaired) electrons. The minimum atomic E-state index is -0.510. The van der Waals surface area contributed by atoms with Gasteiger partial charge in [-0.3, -0.25) is 4.79 Å². The summed E-state index contributed by atoms with van der Waals surface area (Å²) < 4.78 is 5.36. The van der Waals surface area contributed by atoms with Crippen molar-refractivity contribution in [1.82, 2.24) is 9.80 Å². The van der Waals surface area contributed by atoms with Crippen LogP contribution in [-0.4, -0.2) is 53.6 Å². The van der Waals surface area contributed by atoms with Crippen molar-refractivity contribution in [3.63, 3.8) is 0 Å². The first-order chi connectivity index (χ1) is 11.7. The number of benzene rings is 1. The third-order valence-electron chi connectivity index (χ3n) is 3.90. The van der Waals surface area contributed by atoms with Gasteiger partial charge in [0.1, 0.15) is 5.60 Å². The number of hydrogen-bond donors (Lipinski definition) is 0. The summed E-state index contributed by atoms with van der Waals surface area (Å²) in [6.45, 7) is 7.56. The van der Waals surface area contributed by atoms with Crippen molar-refractivity contribution in [1.29, 1.82) is 0 Å². The molecule has 0 spiro atoms. The largest absolute Gasteiger partial charge is 0.444 e. The summed E-state index contributed by atoms with van der Waals surface area (Å²) >= 11 is 11.9. The van der Waals surface area contributed by atoms with Crippen LogP contribution in [0.3, 0.4) is 0 Å². The fraction of sp³-hybridized carbons (Fsp3) is 0.556. The summed E-state index contributed by atoms with van der Waals surface area (Å²) in [5.41, 5.74) is 0.472. The van der Waals surface area contributed by atoms with Crippen LogP contribution in [0.2, 0.25) is 10.0 Å². The highest BCUT2D eigenvalue weighted by Crippen LogP contribution is 2.23. The van der Waals surface area contributed by atoms with Crippen LogP contribution in [0.15, 0.2) is 18.2 Å². The third kappa shape index (κ3) is 6.08. The van der Waals surface area contributed by atoms with E-state index in [2.05, 4.69) is 0 Å². The molecule has 0 N–H and O–H groups in total. The number of carbonyl (C=O) groups excluding carboxylic acids is 2. The predicted octanol–water partition coefficient (Wildman–Crippen LogP) is 4.01. The first kappa shape index (κ1) is 19.9. The molecule has 0 aromatic heterocycles. The molecule has 7 heteroatoms. The van der Waals surface area contributed by atoms with E-state index in [9.17, 15) is 9.59 Å². The number of hydrogen-bond acceptors (Lipinski definition) is 3. The molecule has 1 aromatic rings. The highest BCUT2D eigenvalue weighted by atomic mass is 35.5. The van der Waals surface area contributed by atoms with Gasteiger partial charge in [0.25, 0.3) is 0 Å². The highest BCUT2D eigenvalue weighted by Gasteiger charge is 2.27. The van der Waals surface area contributed by atoms with Crippen LogP contribution in [0, 0.1) is 0 Å². The molecular weight excluding hydrogens is 363 g/mol. The minimum absolute atomic E-state index is 0.0786. The van der Waals surface area contributed by atoms with Crippen LogP contribution in [0.4, 0.5) is 4.79 Å². The number of piperazine rings is 1. The van der Waals surface area contributed by atoms with Crippen molar-refractivity contribution in [2.45, 2.75) is 39.2 Å². The maximum atomic E-state index is 12.4. The van der Waals surface area contributed by atoms with E-state index >= 15 is 0 Å². The van der Waals surface area contributed by atoms with E-state index in [1.165, 1.54) is 0 Å². The van der Waals surface area contributed by atoms with Crippen molar-refractivity contribution < 1.29 is 14.3 Å². The van der Waals surface area contributed by atoms with Crippen LogP contribution >= 0.6 is 23.2 Å². The minimum Gasteiger partial charge on any atom is -0.444 e. The second kappa shape index (κ2) is 8.28. The maximum absolute atomic E-state index is 12.4. The Morgan fingerprint density at radius 3 is 2.20 bits per heavy atom. The van der Waals surface area contributed by atoms with Gasteiger partial charge in [-0.2, -0.15) is 0 Å². The number of halogens is 2. The monoisotopic (exact) mass is 386 g/mol. The second-order valence-electron chi connectivity index (χ2n) is 7.10. The molecule has 1 saturated heterocycles. The van der Waals surface area contributed by atoms with E-state index in [1.807, 2.05) is 26.8 Å². The zero-order chi connectivity index (χ0) is 18.6. The van der Waals surface area contributed by atoms with E-state index < -0.39 is 5.60 Å². The molecule has 1 fully saturated rings. The van der Waals surface area contributed by atoms with Crippen molar-refractivity contribution in [2.75, 3.05) is 26.2 Å². The Hall–Kier alpha value is -1.46. The average Bonchev–Trinajstić information content (AvgIpc) is 2.54. The smallest absolute Gasteiger partial charge is 0.410 e. The summed E-state index contributed by atoms with van der Waals surface area (Å²) in [5.74, 6) is 0.0786. The Balaban J connectivity index is 1.79. The summed E-state index contributed by atoms with van der Waals surface area (Å²) in [6, 6.07) is 5.41. The van der Waals surface area contributed by atoms with Crippen LogP contribution < -0.4 is 0 Å². The molecule has 138 valence electrons.